The Morgan fingerprint density at radius 1 is 1.28 bits per heavy atom. The summed E-state index contributed by atoms with van der Waals surface area (Å²) in [7, 11) is 1.84. The molecule has 0 radical (unpaired) electrons. The third kappa shape index (κ3) is 3.66. The summed E-state index contributed by atoms with van der Waals surface area (Å²) in [4.78, 5) is 17.2. The van der Waals surface area contributed by atoms with E-state index in [-0.39, 0.29) is 18.1 Å². The van der Waals surface area contributed by atoms with Crippen LogP contribution in [0.1, 0.15) is 34.1 Å². The summed E-state index contributed by atoms with van der Waals surface area (Å²) in [5, 5.41) is 3.94. The molecule has 0 fully saturated rings. The standard InChI is InChI=1S/C23H22FN3O2/c1-14-7-8-19-17(13-29-22(19)15(14)2)12-20(28)26-21(23-25-9-10-27(23)3)16-5-4-6-18(24)11-16/h4-11,13,21H,12H2,1-3H3,(H,26,28)/t21-/m0/s1. The molecule has 2 aromatic carbocycles. The molecule has 0 bridgehead atoms. The van der Waals surface area contributed by atoms with E-state index >= 15 is 0 Å². The molecule has 4 rings (SSSR count). The smallest absolute Gasteiger partial charge is 0.225 e. The Labute approximate surface area is 168 Å². The van der Waals surface area contributed by atoms with Crippen LogP contribution in [0.15, 0.2) is 59.5 Å². The van der Waals surface area contributed by atoms with Gasteiger partial charge in [0.15, 0.2) is 0 Å². The molecule has 0 spiro atoms. The van der Waals surface area contributed by atoms with Gasteiger partial charge in [-0.3, -0.25) is 4.79 Å². The maximum atomic E-state index is 13.8. The molecule has 0 saturated carbocycles. The van der Waals surface area contributed by atoms with Crippen LogP contribution in [0, 0.1) is 19.7 Å². The van der Waals surface area contributed by atoms with Crippen molar-refractivity contribution in [1.82, 2.24) is 14.9 Å². The van der Waals surface area contributed by atoms with Crippen LogP contribution in [0.25, 0.3) is 11.0 Å². The SMILES string of the molecule is Cc1ccc2c(CC(=O)N[C@@H](c3cccc(F)c3)c3nccn3C)coc2c1C. The fraction of sp³-hybridized carbons (Fsp3) is 0.217. The zero-order valence-corrected chi connectivity index (χ0v) is 16.6. The highest BCUT2D eigenvalue weighted by Crippen LogP contribution is 2.27. The number of rotatable bonds is 5. The lowest BCUT2D eigenvalue weighted by molar-refractivity contribution is -0.121. The van der Waals surface area contributed by atoms with Crippen molar-refractivity contribution in [3.05, 3.63) is 89.0 Å². The maximum absolute atomic E-state index is 13.8. The predicted octanol–water partition coefficient (Wildman–Crippen LogP) is 4.37. The van der Waals surface area contributed by atoms with Crippen LogP contribution in [-0.2, 0) is 18.3 Å². The molecule has 29 heavy (non-hydrogen) atoms. The summed E-state index contributed by atoms with van der Waals surface area (Å²) in [6, 6.07) is 9.65. The number of nitrogens with one attached hydrogen (secondary N) is 1. The first kappa shape index (κ1) is 18.9. The van der Waals surface area contributed by atoms with Gasteiger partial charge in [-0.15, -0.1) is 0 Å². The van der Waals surface area contributed by atoms with E-state index in [9.17, 15) is 9.18 Å². The average molecular weight is 391 g/mol. The molecule has 1 N–H and O–H groups in total. The number of halogens is 1. The average Bonchev–Trinajstić information content (AvgIpc) is 3.29. The Balaban J connectivity index is 1.62. The van der Waals surface area contributed by atoms with Crippen LogP contribution in [0.2, 0.25) is 0 Å². The Morgan fingerprint density at radius 3 is 2.83 bits per heavy atom. The van der Waals surface area contributed by atoms with Gasteiger partial charge >= 0.3 is 0 Å². The van der Waals surface area contributed by atoms with Gasteiger partial charge in [-0.25, -0.2) is 9.37 Å². The van der Waals surface area contributed by atoms with Crippen molar-refractivity contribution >= 4 is 16.9 Å². The van der Waals surface area contributed by atoms with E-state index < -0.39 is 6.04 Å². The van der Waals surface area contributed by atoms with Crippen LogP contribution < -0.4 is 5.32 Å². The van der Waals surface area contributed by atoms with E-state index in [0.29, 0.717) is 11.4 Å². The van der Waals surface area contributed by atoms with Crippen LogP contribution in [0.5, 0.6) is 0 Å². The third-order valence-corrected chi connectivity index (χ3v) is 5.30. The van der Waals surface area contributed by atoms with Crippen molar-refractivity contribution in [2.45, 2.75) is 26.3 Å². The molecule has 4 aromatic rings. The minimum atomic E-state index is -0.555. The molecule has 0 saturated heterocycles. The molecule has 1 amide bonds. The lowest BCUT2D eigenvalue weighted by atomic mass is 10.0. The summed E-state index contributed by atoms with van der Waals surface area (Å²) >= 11 is 0. The number of carbonyl (C=O) groups excluding carboxylic acids is 1. The number of hydrogen-bond donors (Lipinski definition) is 1. The second kappa shape index (κ2) is 7.54. The highest BCUT2D eigenvalue weighted by Gasteiger charge is 2.22. The highest BCUT2D eigenvalue weighted by atomic mass is 19.1. The van der Waals surface area contributed by atoms with E-state index in [4.69, 9.17) is 4.42 Å². The summed E-state index contributed by atoms with van der Waals surface area (Å²) in [5.74, 6) is 0.0818. The van der Waals surface area contributed by atoms with Gasteiger partial charge < -0.3 is 14.3 Å². The number of aryl methyl sites for hydroxylation is 3. The van der Waals surface area contributed by atoms with Crippen LogP contribution in [-0.4, -0.2) is 15.5 Å². The van der Waals surface area contributed by atoms with Crippen LogP contribution in [0.3, 0.4) is 0 Å². The van der Waals surface area contributed by atoms with Crippen molar-refractivity contribution in [1.29, 1.82) is 0 Å². The summed E-state index contributed by atoms with van der Waals surface area (Å²) in [5.41, 5.74) is 4.47. The monoisotopic (exact) mass is 391 g/mol. The van der Waals surface area contributed by atoms with Gasteiger partial charge in [0.1, 0.15) is 23.3 Å². The highest BCUT2D eigenvalue weighted by molar-refractivity contribution is 5.89. The van der Waals surface area contributed by atoms with Crippen molar-refractivity contribution < 1.29 is 13.6 Å². The second-order valence-electron chi connectivity index (χ2n) is 7.27. The first-order chi connectivity index (χ1) is 13.9. The zero-order chi connectivity index (χ0) is 20.5. The lowest BCUT2D eigenvalue weighted by Crippen LogP contribution is -2.32. The summed E-state index contributed by atoms with van der Waals surface area (Å²) < 4.78 is 21.3. The van der Waals surface area contributed by atoms with Crippen molar-refractivity contribution in [2.75, 3.05) is 0 Å². The number of aromatic nitrogens is 2. The number of fused-ring (bicyclic) bond motifs is 1. The fourth-order valence-corrected chi connectivity index (χ4v) is 3.55. The zero-order valence-electron chi connectivity index (χ0n) is 16.6. The number of carbonyl (C=O) groups is 1. The third-order valence-electron chi connectivity index (χ3n) is 5.30. The number of imidazole rings is 1. The molecule has 148 valence electrons. The lowest BCUT2D eigenvalue weighted by Gasteiger charge is -2.19. The molecule has 1 atom stereocenters. The van der Waals surface area contributed by atoms with Gasteiger partial charge in [-0.1, -0.05) is 24.3 Å². The van der Waals surface area contributed by atoms with Crippen molar-refractivity contribution in [3.63, 3.8) is 0 Å². The fourth-order valence-electron chi connectivity index (χ4n) is 3.55. The topological polar surface area (TPSA) is 60.1 Å². The molecular weight excluding hydrogens is 369 g/mol. The Bertz CT molecular complexity index is 1190. The van der Waals surface area contributed by atoms with Crippen molar-refractivity contribution in [2.24, 2.45) is 7.05 Å². The van der Waals surface area contributed by atoms with Gasteiger partial charge in [0.2, 0.25) is 5.91 Å². The van der Waals surface area contributed by atoms with Gasteiger partial charge in [0.25, 0.3) is 0 Å². The molecule has 0 aliphatic heterocycles. The molecule has 2 heterocycles. The molecule has 5 nitrogen and oxygen atoms in total. The van der Waals surface area contributed by atoms with Gasteiger partial charge in [0, 0.05) is 30.4 Å². The Hall–Kier alpha value is -3.41. The number of furan rings is 1. The van der Waals surface area contributed by atoms with Crippen LogP contribution in [0.4, 0.5) is 4.39 Å². The first-order valence-electron chi connectivity index (χ1n) is 9.42. The Kier molecular flexibility index (Phi) is 4.92. The van der Waals surface area contributed by atoms with E-state index in [1.54, 1.807) is 30.8 Å². The number of hydrogen-bond acceptors (Lipinski definition) is 3. The van der Waals surface area contributed by atoms with Crippen LogP contribution >= 0.6 is 0 Å². The molecule has 2 aromatic heterocycles. The number of amides is 1. The molecule has 0 unspecified atom stereocenters. The maximum Gasteiger partial charge on any atom is 0.225 e. The number of nitrogens with zero attached hydrogens (tertiary/aromatic N) is 2. The van der Waals surface area contributed by atoms with E-state index in [0.717, 1.165) is 27.7 Å². The van der Waals surface area contributed by atoms with Crippen molar-refractivity contribution in [3.8, 4) is 0 Å². The van der Waals surface area contributed by atoms with Gasteiger partial charge in [0.05, 0.1) is 12.7 Å². The van der Waals surface area contributed by atoms with Gasteiger partial charge in [-0.2, -0.15) is 0 Å². The predicted molar refractivity (Wildman–Crippen MR) is 109 cm³/mol. The summed E-state index contributed by atoms with van der Waals surface area (Å²) in [6.07, 6.45) is 5.24. The molecule has 0 aliphatic rings. The molecule has 6 heteroatoms. The molecule has 0 aliphatic carbocycles. The van der Waals surface area contributed by atoms with E-state index in [1.807, 2.05) is 37.6 Å². The van der Waals surface area contributed by atoms with E-state index in [2.05, 4.69) is 10.3 Å². The number of benzene rings is 2. The largest absolute Gasteiger partial charge is 0.464 e. The summed E-state index contributed by atoms with van der Waals surface area (Å²) in [6.45, 7) is 4.03. The Morgan fingerprint density at radius 2 is 2.10 bits per heavy atom. The minimum absolute atomic E-state index is 0.158. The second-order valence-corrected chi connectivity index (χ2v) is 7.27. The minimum Gasteiger partial charge on any atom is -0.464 e. The van der Waals surface area contributed by atoms with E-state index in [1.165, 1.54) is 12.1 Å². The normalized spacial score (nSPS) is 12.3. The molecular formula is C23H22FN3O2. The quantitative estimate of drug-likeness (QED) is 0.550. The van der Waals surface area contributed by atoms with Gasteiger partial charge in [-0.05, 0) is 42.7 Å². The first-order valence-corrected chi connectivity index (χ1v) is 9.42.